The van der Waals surface area contributed by atoms with E-state index in [-0.39, 0.29) is 17.9 Å². The molecule has 2 aromatic carbocycles. The second-order valence-electron chi connectivity index (χ2n) is 10.2. The normalized spacial score (nSPS) is 12.0. The Kier molecular flexibility index (Phi) is 12.2. The quantitative estimate of drug-likeness (QED) is 0.279. The van der Waals surface area contributed by atoms with Crippen molar-refractivity contribution in [1.29, 1.82) is 0 Å². The number of pyridine rings is 1. The second kappa shape index (κ2) is 14.8. The number of allylic oxidation sites excluding steroid dienone is 4. The van der Waals surface area contributed by atoms with E-state index in [1.54, 1.807) is 11.0 Å². The summed E-state index contributed by atoms with van der Waals surface area (Å²) in [6, 6.07) is 11.8. The number of hydrogen-bond acceptors (Lipinski definition) is 3. The monoisotopic (exact) mass is 534 g/mol. The van der Waals surface area contributed by atoms with Gasteiger partial charge in [0.2, 0.25) is 0 Å². The van der Waals surface area contributed by atoms with Gasteiger partial charge in [0, 0.05) is 53.6 Å². The third-order valence-electron chi connectivity index (χ3n) is 6.13. The van der Waals surface area contributed by atoms with Gasteiger partial charge in [-0.25, -0.2) is 0 Å². The molecule has 38 heavy (non-hydrogen) atoms. The summed E-state index contributed by atoms with van der Waals surface area (Å²) < 4.78 is 0. The van der Waals surface area contributed by atoms with Crippen molar-refractivity contribution in [3.63, 3.8) is 0 Å². The van der Waals surface area contributed by atoms with Gasteiger partial charge in [0.25, 0.3) is 5.91 Å². The standard InChI is InChI=1S/C31H37ClN2O2.C2H6/c1-6-9-22(12-14-31(3,4)5)28-19-24(18-25-21-33-15-13-26(25)28)27-11-10-23(20-29(27)32)30(36)34(7-2)16-8-17-35;1-2/h6,9-13,15,18-21,35H,7-8,14,16-17H2,1-5H3;1-2H3/b9-6-,22-12+;. The highest BCUT2D eigenvalue weighted by molar-refractivity contribution is 6.33. The molecule has 0 saturated heterocycles. The second-order valence-corrected chi connectivity index (χ2v) is 10.6. The summed E-state index contributed by atoms with van der Waals surface area (Å²) in [5.41, 5.74) is 4.87. The van der Waals surface area contributed by atoms with Crippen LogP contribution >= 0.6 is 11.6 Å². The van der Waals surface area contributed by atoms with Crippen molar-refractivity contribution in [2.24, 2.45) is 5.41 Å². The van der Waals surface area contributed by atoms with E-state index in [9.17, 15) is 4.79 Å². The van der Waals surface area contributed by atoms with Gasteiger partial charge in [0.1, 0.15) is 0 Å². The molecule has 3 aromatic rings. The molecule has 0 aliphatic rings. The van der Waals surface area contributed by atoms with Crippen LogP contribution in [0.2, 0.25) is 5.02 Å². The van der Waals surface area contributed by atoms with Gasteiger partial charge in [-0.05, 0) is 84.5 Å². The van der Waals surface area contributed by atoms with Crippen LogP contribution in [-0.2, 0) is 0 Å². The Labute approximate surface area is 234 Å². The lowest BCUT2D eigenvalue weighted by atomic mass is 9.88. The van der Waals surface area contributed by atoms with Gasteiger partial charge in [-0.15, -0.1) is 0 Å². The first-order chi connectivity index (χ1) is 18.2. The summed E-state index contributed by atoms with van der Waals surface area (Å²) in [5.74, 6) is -0.0803. The van der Waals surface area contributed by atoms with Crippen LogP contribution in [0.3, 0.4) is 0 Å². The molecule has 4 nitrogen and oxygen atoms in total. The molecule has 0 aliphatic heterocycles. The van der Waals surface area contributed by atoms with Gasteiger partial charge in [0.15, 0.2) is 0 Å². The highest BCUT2D eigenvalue weighted by Gasteiger charge is 2.17. The van der Waals surface area contributed by atoms with Crippen LogP contribution in [0, 0.1) is 5.41 Å². The average Bonchev–Trinajstić information content (AvgIpc) is 2.91. The topological polar surface area (TPSA) is 53.4 Å². The van der Waals surface area contributed by atoms with Gasteiger partial charge >= 0.3 is 0 Å². The first-order valence-electron chi connectivity index (χ1n) is 13.6. The zero-order chi connectivity index (χ0) is 28.3. The Morgan fingerprint density at radius 1 is 1.13 bits per heavy atom. The van der Waals surface area contributed by atoms with Crippen molar-refractivity contribution in [1.82, 2.24) is 9.88 Å². The van der Waals surface area contributed by atoms with E-state index >= 15 is 0 Å². The average molecular weight is 535 g/mol. The largest absolute Gasteiger partial charge is 0.396 e. The summed E-state index contributed by atoms with van der Waals surface area (Å²) in [7, 11) is 0. The highest BCUT2D eigenvalue weighted by Crippen LogP contribution is 2.36. The number of rotatable bonds is 9. The highest BCUT2D eigenvalue weighted by atomic mass is 35.5. The molecule has 3 rings (SSSR count). The number of aliphatic hydroxyl groups excluding tert-OH is 1. The van der Waals surface area contributed by atoms with E-state index in [2.05, 4.69) is 62.2 Å². The number of aromatic nitrogens is 1. The molecule has 1 aromatic heterocycles. The molecule has 204 valence electrons. The molecule has 5 heteroatoms. The Bertz CT molecular complexity index is 1270. The Morgan fingerprint density at radius 2 is 1.87 bits per heavy atom. The summed E-state index contributed by atoms with van der Waals surface area (Å²) in [6.45, 7) is 15.8. The number of carbonyl (C=O) groups excluding carboxylic acids is 1. The number of hydrogen-bond donors (Lipinski definition) is 1. The number of carbonyl (C=O) groups is 1. The number of halogens is 1. The van der Waals surface area contributed by atoms with Crippen molar-refractivity contribution < 1.29 is 9.90 Å². The smallest absolute Gasteiger partial charge is 0.253 e. The number of benzene rings is 2. The molecule has 0 saturated carbocycles. The van der Waals surface area contributed by atoms with E-state index in [1.165, 1.54) is 0 Å². The maximum absolute atomic E-state index is 13.0. The number of fused-ring (bicyclic) bond motifs is 1. The maximum Gasteiger partial charge on any atom is 0.253 e. The van der Waals surface area contributed by atoms with E-state index in [4.69, 9.17) is 16.7 Å². The van der Waals surface area contributed by atoms with Crippen LogP contribution < -0.4 is 0 Å². The molecule has 0 unspecified atom stereocenters. The molecular formula is C33H43ClN2O2. The summed E-state index contributed by atoms with van der Waals surface area (Å²) >= 11 is 6.77. The predicted octanol–water partition coefficient (Wildman–Crippen LogP) is 8.82. The van der Waals surface area contributed by atoms with Gasteiger partial charge in [-0.3, -0.25) is 9.78 Å². The van der Waals surface area contributed by atoms with Crippen molar-refractivity contribution in [2.45, 2.75) is 61.3 Å². The molecular weight excluding hydrogens is 492 g/mol. The van der Waals surface area contributed by atoms with Gasteiger partial charge in [-0.1, -0.05) is 70.5 Å². The van der Waals surface area contributed by atoms with Crippen LogP contribution in [0.15, 0.2) is 67.0 Å². The minimum Gasteiger partial charge on any atom is -0.396 e. The fourth-order valence-corrected chi connectivity index (χ4v) is 4.49. The lowest BCUT2D eigenvalue weighted by Crippen LogP contribution is -2.32. The maximum atomic E-state index is 13.0. The van der Waals surface area contributed by atoms with E-state index < -0.39 is 0 Å². The molecule has 1 N–H and O–H groups in total. The summed E-state index contributed by atoms with van der Waals surface area (Å²) in [6.07, 6.45) is 11.7. The van der Waals surface area contributed by atoms with E-state index in [1.807, 2.05) is 52.2 Å². The van der Waals surface area contributed by atoms with Crippen LogP contribution in [0.25, 0.3) is 27.5 Å². The Balaban J connectivity index is 0.00000247. The summed E-state index contributed by atoms with van der Waals surface area (Å²) in [5, 5.41) is 11.8. The van der Waals surface area contributed by atoms with Crippen LogP contribution in [0.4, 0.5) is 0 Å². The van der Waals surface area contributed by atoms with Crippen molar-refractivity contribution >= 4 is 33.9 Å². The van der Waals surface area contributed by atoms with Crippen molar-refractivity contribution in [3.8, 4) is 11.1 Å². The van der Waals surface area contributed by atoms with Crippen LogP contribution in [0.5, 0.6) is 0 Å². The Morgan fingerprint density at radius 3 is 2.47 bits per heavy atom. The van der Waals surface area contributed by atoms with E-state index in [0.717, 1.165) is 39.5 Å². The molecule has 1 amide bonds. The minimum absolute atomic E-state index is 0.0576. The summed E-state index contributed by atoms with van der Waals surface area (Å²) in [4.78, 5) is 19.1. The molecule has 0 spiro atoms. The van der Waals surface area contributed by atoms with Gasteiger partial charge < -0.3 is 10.0 Å². The van der Waals surface area contributed by atoms with Crippen molar-refractivity contribution in [2.75, 3.05) is 19.7 Å². The molecule has 0 bridgehead atoms. The number of amides is 1. The van der Waals surface area contributed by atoms with Crippen LogP contribution in [-0.4, -0.2) is 40.6 Å². The van der Waals surface area contributed by atoms with Gasteiger partial charge in [0.05, 0.1) is 0 Å². The van der Waals surface area contributed by atoms with E-state index in [0.29, 0.717) is 30.1 Å². The first kappa shape index (κ1) is 31.3. The molecule has 0 radical (unpaired) electrons. The fourth-order valence-electron chi connectivity index (χ4n) is 4.20. The lowest BCUT2D eigenvalue weighted by Gasteiger charge is -2.21. The fraction of sp³-hybridized carbons (Fsp3) is 0.394. The Hall–Kier alpha value is -2.95. The lowest BCUT2D eigenvalue weighted by molar-refractivity contribution is 0.0754. The zero-order valence-electron chi connectivity index (χ0n) is 24.0. The third-order valence-corrected chi connectivity index (χ3v) is 6.44. The van der Waals surface area contributed by atoms with Gasteiger partial charge in [-0.2, -0.15) is 0 Å². The molecule has 0 aliphatic carbocycles. The molecule has 1 heterocycles. The number of nitrogens with zero attached hydrogens (tertiary/aromatic N) is 2. The first-order valence-corrected chi connectivity index (χ1v) is 14.0. The SMILES string of the molecule is C/C=C\C(=C/CC(C)(C)C)c1cc(-c2ccc(C(=O)N(CC)CCCO)cc2Cl)cc2cnccc12.CC. The zero-order valence-corrected chi connectivity index (χ0v) is 24.8. The third kappa shape index (κ3) is 8.28. The van der Waals surface area contributed by atoms with Crippen LogP contribution in [0.1, 0.15) is 77.2 Å². The molecule has 0 atom stereocenters. The van der Waals surface area contributed by atoms with Crippen molar-refractivity contribution in [3.05, 3.63) is 83.2 Å². The molecule has 0 fully saturated rings. The predicted molar refractivity (Wildman–Crippen MR) is 164 cm³/mol. The minimum atomic E-state index is -0.0803. The number of aliphatic hydroxyl groups is 1.